The Balaban J connectivity index is 1.41. The summed E-state index contributed by atoms with van der Waals surface area (Å²) >= 11 is 0. The van der Waals surface area contributed by atoms with E-state index in [4.69, 9.17) is 10.6 Å². The zero-order chi connectivity index (χ0) is 29.4. The van der Waals surface area contributed by atoms with Crippen LogP contribution in [0.4, 0.5) is 4.39 Å². The number of halogens is 1. The lowest BCUT2D eigenvalue weighted by atomic mass is 9.79. The monoisotopic (exact) mass is 565 g/mol. The van der Waals surface area contributed by atoms with Crippen molar-refractivity contribution in [1.29, 1.82) is 0 Å². The van der Waals surface area contributed by atoms with Crippen molar-refractivity contribution < 1.29 is 18.8 Å². The Morgan fingerprint density at radius 1 is 1.22 bits per heavy atom. The Bertz CT molecular complexity index is 1310. The smallest absolute Gasteiger partial charge is 0.287 e. The van der Waals surface area contributed by atoms with Crippen LogP contribution < -0.4 is 5.73 Å². The molecule has 2 fully saturated rings. The first kappa shape index (κ1) is 28.9. The van der Waals surface area contributed by atoms with E-state index in [1.807, 2.05) is 60.0 Å². The largest absolute Gasteiger partial charge is 0.368 e. The SMILES string of the molecule is Cc1c(CN2C(C(N)=O)=NOC2C2(C)CC2)cccc1C1(N2CCN(C(=O)C=CCN(C)C)CC2)CC=NC=C1F. The molecule has 1 aliphatic carbocycles. The van der Waals surface area contributed by atoms with Crippen LogP contribution in [0.25, 0.3) is 0 Å². The molecule has 10 nitrogen and oxygen atoms in total. The van der Waals surface area contributed by atoms with Crippen LogP contribution in [0, 0.1) is 12.3 Å². The first-order valence-corrected chi connectivity index (χ1v) is 14.2. The fourth-order valence-electron chi connectivity index (χ4n) is 6.07. The van der Waals surface area contributed by atoms with E-state index < -0.39 is 11.4 Å². The second kappa shape index (κ2) is 11.4. The summed E-state index contributed by atoms with van der Waals surface area (Å²) in [6, 6.07) is 5.89. The number of hydrogen-bond donors (Lipinski definition) is 1. The standard InChI is InChI=1S/C30H40FN7O3/c1-21-22(20-38-27(26(32)40)34-41-28(38)29(2)10-11-29)7-5-8-23(21)30(12-13-33-19-24(30)31)37-17-15-36(16-18-37)25(39)9-6-14-35(3)4/h5-9,13,19,28H,10-12,14-18,20H2,1-4H3,(H2,32,40). The minimum Gasteiger partial charge on any atom is -0.368 e. The number of primary amides is 1. The number of hydrogen-bond acceptors (Lipinski definition) is 8. The number of amides is 2. The molecule has 2 amide bonds. The number of rotatable bonds is 9. The van der Waals surface area contributed by atoms with Gasteiger partial charge in [0.1, 0.15) is 11.4 Å². The zero-order valence-corrected chi connectivity index (χ0v) is 24.3. The van der Waals surface area contributed by atoms with Crippen LogP contribution in [0.5, 0.6) is 0 Å². The van der Waals surface area contributed by atoms with Crippen molar-refractivity contribution in [3.63, 3.8) is 0 Å². The lowest BCUT2D eigenvalue weighted by Gasteiger charge is -2.48. The maximum Gasteiger partial charge on any atom is 0.287 e. The van der Waals surface area contributed by atoms with E-state index in [2.05, 4.69) is 22.0 Å². The average Bonchev–Trinajstić information content (AvgIpc) is 3.54. The highest BCUT2D eigenvalue weighted by atomic mass is 19.1. The van der Waals surface area contributed by atoms with E-state index in [-0.39, 0.29) is 29.2 Å². The lowest BCUT2D eigenvalue weighted by Crippen LogP contribution is -2.57. The first-order chi connectivity index (χ1) is 19.6. The third-order valence-electron chi connectivity index (χ3n) is 8.82. The predicted octanol–water partition coefficient (Wildman–Crippen LogP) is 2.49. The van der Waals surface area contributed by atoms with Crippen LogP contribution in [-0.2, 0) is 26.5 Å². The van der Waals surface area contributed by atoms with Crippen LogP contribution in [0.1, 0.15) is 42.9 Å². The van der Waals surface area contributed by atoms with Gasteiger partial charge < -0.3 is 25.3 Å². The van der Waals surface area contributed by atoms with Gasteiger partial charge in [-0.3, -0.25) is 19.5 Å². The Morgan fingerprint density at radius 2 is 1.95 bits per heavy atom. The fraction of sp³-hybridized carbons (Fsp3) is 0.533. The van der Waals surface area contributed by atoms with Gasteiger partial charge in [0.05, 0.1) is 6.20 Å². The van der Waals surface area contributed by atoms with Gasteiger partial charge in [0.25, 0.3) is 5.91 Å². The third-order valence-corrected chi connectivity index (χ3v) is 8.82. The van der Waals surface area contributed by atoms with Gasteiger partial charge in [0.15, 0.2) is 0 Å². The van der Waals surface area contributed by atoms with Gasteiger partial charge in [-0.25, -0.2) is 4.39 Å². The summed E-state index contributed by atoms with van der Waals surface area (Å²) in [5.74, 6) is -0.876. The third kappa shape index (κ3) is 5.52. The summed E-state index contributed by atoms with van der Waals surface area (Å²) in [7, 11) is 3.91. The van der Waals surface area contributed by atoms with E-state index in [0.717, 1.165) is 29.5 Å². The molecule has 5 rings (SSSR count). The van der Waals surface area contributed by atoms with Gasteiger partial charge in [-0.2, -0.15) is 0 Å². The van der Waals surface area contributed by atoms with E-state index in [0.29, 0.717) is 45.7 Å². The Hall–Kier alpha value is -3.57. The number of nitrogens with two attached hydrogens (primary N) is 1. The molecular formula is C30H40FN7O3. The molecular weight excluding hydrogens is 525 g/mol. The van der Waals surface area contributed by atoms with E-state index in [9.17, 15) is 9.59 Å². The summed E-state index contributed by atoms with van der Waals surface area (Å²) < 4.78 is 16.1. The molecule has 1 saturated heterocycles. The minimum absolute atomic E-state index is 0.0291. The van der Waals surface area contributed by atoms with Crippen molar-refractivity contribution in [2.75, 3.05) is 46.8 Å². The van der Waals surface area contributed by atoms with Crippen molar-refractivity contribution in [3.05, 3.63) is 59.1 Å². The lowest BCUT2D eigenvalue weighted by molar-refractivity contribution is -0.128. The van der Waals surface area contributed by atoms with Crippen LogP contribution in [0.15, 0.2) is 52.5 Å². The fourth-order valence-corrected chi connectivity index (χ4v) is 6.07. The number of piperazine rings is 1. The normalized spacial score (nSPS) is 25.9. The van der Waals surface area contributed by atoms with Crippen molar-refractivity contribution in [2.45, 2.75) is 51.4 Å². The number of carbonyl (C=O) groups excluding carboxylic acids is 2. The Labute approximate surface area is 241 Å². The number of benzene rings is 1. The second-order valence-corrected chi connectivity index (χ2v) is 12.0. The highest BCUT2D eigenvalue weighted by Crippen LogP contribution is 2.52. The highest BCUT2D eigenvalue weighted by Gasteiger charge is 2.54. The summed E-state index contributed by atoms with van der Waals surface area (Å²) in [5.41, 5.74) is 7.22. The van der Waals surface area contributed by atoms with Gasteiger partial charge >= 0.3 is 0 Å². The quantitative estimate of drug-likeness (QED) is 0.461. The van der Waals surface area contributed by atoms with E-state index in [1.54, 1.807) is 12.3 Å². The van der Waals surface area contributed by atoms with Crippen LogP contribution in [-0.4, -0.2) is 96.5 Å². The van der Waals surface area contributed by atoms with Crippen LogP contribution in [0.2, 0.25) is 0 Å². The Kier molecular flexibility index (Phi) is 8.02. The van der Waals surface area contributed by atoms with Crippen molar-refractivity contribution in [1.82, 2.24) is 19.6 Å². The molecule has 1 aromatic carbocycles. The molecule has 41 heavy (non-hydrogen) atoms. The van der Waals surface area contributed by atoms with Gasteiger partial charge in [-0.15, -0.1) is 0 Å². The van der Waals surface area contributed by atoms with Gasteiger partial charge in [-0.1, -0.05) is 36.4 Å². The molecule has 0 bridgehead atoms. The molecule has 2 atom stereocenters. The highest BCUT2D eigenvalue weighted by molar-refractivity contribution is 6.37. The maximum atomic E-state index is 16.1. The number of aliphatic imine (C=N–C) groups is 1. The number of carbonyl (C=O) groups is 2. The van der Waals surface area contributed by atoms with Crippen molar-refractivity contribution in [2.24, 2.45) is 21.3 Å². The molecule has 3 aliphatic heterocycles. The molecule has 0 spiro atoms. The summed E-state index contributed by atoms with van der Waals surface area (Å²) in [6.45, 7) is 7.20. The predicted molar refractivity (Wildman–Crippen MR) is 155 cm³/mol. The van der Waals surface area contributed by atoms with Crippen molar-refractivity contribution in [3.8, 4) is 0 Å². The Morgan fingerprint density at radius 3 is 2.59 bits per heavy atom. The van der Waals surface area contributed by atoms with Crippen LogP contribution >= 0.6 is 0 Å². The molecule has 4 aliphatic rings. The van der Waals surface area contributed by atoms with E-state index in [1.165, 1.54) is 6.20 Å². The van der Waals surface area contributed by atoms with Gasteiger partial charge in [-0.05, 0) is 50.6 Å². The van der Waals surface area contributed by atoms with Gasteiger partial charge in [0.2, 0.25) is 18.0 Å². The number of likely N-dealkylation sites (N-methyl/N-ethyl adjacent to an activating group) is 1. The molecule has 0 aromatic heterocycles. The van der Waals surface area contributed by atoms with Crippen LogP contribution in [0.3, 0.4) is 0 Å². The molecule has 2 unspecified atom stereocenters. The molecule has 220 valence electrons. The molecule has 11 heteroatoms. The topological polar surface area (TPSA) is 107 Å². The number of amidine groups is 1. The summed E-state index contributed by atoms with van der Waals surface area (Å²) in [5, 5.41) is 4.02. The zero-order valence-electron chi connectivity index (χ0n) is 24.3. The van der Waals surface area contributed by atoms with Gasteiger partial charge in [0, 0.05) is 63.4 Å². The molecule has 1 saturated carbocycles. The number of oxime groups is 1. The second-order valence-electron chi connectivity index (χ2n) is 12.0. The molecule has 2 N–H and O–H groups in total. The summed E-state index contributed by atoms with van der Waals surface area (Å²) in [6.07, 6.45) is 8.49. The molecule has 3 heterocycles. The van der Waals surface area contributed by atoms with Crippen molar-refractivity contribution >= 4 is 23.9 Å². The minimum atomic E-state index is -1.04. The first-order valence-electron chi connectivity index (χ1n) is 14.2. The maximum absolute atomic E-state index is 16.1. The van der Waals surface area contributed by atoms with E-state index >= 15 is 4.39 Å². The molecule has 1 aromatic rings. The molecule has 0 radical (unpaired) electrons. The number of nitrogens with zero attached hydrogens (tertiary/aromatic N) is 6. The summed E-state index contributed by atoms with van der Waals surface area (Å²) in [4.78, 5) is 42.6. The average molecular weight is 566 g/mol.